The molecule has 138 valence electrons. The molecule has 0 bridgehead atoms. The fraction of sp³-hybridized carbons (Fsp3) is 0.118. The van der Waals surface area contributed by atoms with E-state index in [0.29, 0.717) is 10.2 Å². The van der Waals surface area contributed by atoms with Gasteiger partial charge in [0.15, 0.2) is 15.0 Å². The summed E-state index contributed by atoms with van der Waals surface area (Å²) in [5.74, 6) is -1.31. The van der Waals surface area contributed by atoms with Gasteiger partial charge in [0.1, 0.15) is 5.75 Å². The van der Waals surface area contributed by atoms with Crippen LogP contribution in [0.5, 0.6) is 0 Å². The number of aryl methyl sites for hydroxylation is 1. The monoisotopic (exact) mass is 437 g/mol. The normalized spacial score (nSPS) is 11.9. The molecule has 10 heteroatoms. The Morgan fingerprint density at radius 3 is 2.37 bits per heavy atom. The van der Waals surface area contributed by atoms with E-state index < -0.39 is 21.5 Å². The number of thiazole rings is 2. The third kappa shape index (κ3) is 3.68. The second-order valence-electron chi connectivity index (χ2n) is 5.78. The molecule has 0 unspecified atom stereocenters. The molecule has 27 heavy (non-hydrogen) atoms. The highest BCUT2D eigenvalue weighted by Crippen LogP contribution is 2.35. The number of sulfone groups is 1. The van der Waals surface area contributed by atoms with E-state index in [-0.39, 0.29) is 4.90 Å². The molecule has 0 spiro atoms. The van der Waals surface area contributed by atoms with Crippen LogP contribution in [0.1, 0.15) is 5.01 Å². The SMILES string of the molecule is Cc1nc2ccc3nc(NC(=O)CS(=O)(=O)c4ccc(Cl)cc4)sc3c2s1. The number of nitrogens with zero attached hydrogens (tertiary/aromatic N) is 2. The lowest BCUT2D eigenvalue weighted by Crippen LogP contribution is -2.22. The van der Waals surface area contributed by atoms with Crippen LogP contribution >= 0.6 is 34.3 Å². The highest BCUT2D eigenvalue weighted by Gasteiger charge is 2.20. The van der Waals surface area contributed by atoms with Crippen molar-refractivity contribution >= 4 is 75.6 Å². The van der Waals surface area contributed by atoms with Crippen molar-refractivity contribution < 1.29 is 13.2 Å². The molecule has 6 nitrogen and oxygen atoms in total. The summed E-state index contributed by atoms with van der Waals surface area (Å²) in [6.45, 7) is 1.93. The highest BCUT2D eigenvalue weighted by atomic mass is 35.5. The maximum atomic E-state index is 12.4. The lowest BCUT2D eigenvalue weighted by molar-refractivity contribution is -0.113. The Kier molecular flexibility index (Phi) is 4.63. The molecule has 0 aliphatic heterocycles. The van der Waals surface area contributed by atoms with Gasteiger partial charge in [-0.1, -0.05) is 22.9 Å². The standard InChI is InChI=1S/C17H12ClN3O3S3/c1-9-19-12-6-7-13-16(15(12)25-9)26-17(20-13)21-14(22)8-27(23,24)11-4-2-10(18)3-5-11/h2-7H,8H2,1H3,(H,20,21,22). The van der Waals surface area contributed by atoms with E-state index in [1.807, 2.05) is 19.1 Å². The van der Waals surface area contributed by atoms with Gasteiger partial charge in [0, 0.05) is 5.02 Å². The van der Waals surface area contributed by atoms with Gasteiger partial charge in [0.25, 0.3) is 0 Å². The molecule has 0 fully saturated rings. The van der Waals surface area contributed by atoms with Crippen LogP contribution in [0, 0.1) is 6.92 Å². The number of fused-ring (bicyclic) bond motifs is 3. The fourth-order valence-corrected chi connectivity index (χ4v) is 5.87. The number of anilines is 1. The predicted molar refractivity (Wildman–Crippen MR) is 110 cm³/mol. The van der Waals surface area contributed by atoms with Gasteiger partial charge in [-0.25, -0.2) is 18.4 Å². The molecule has 0 aliphatic carbocycles. The molecule has 0 saturated heterocycles. The first-order valence-electron chi connectivity index (χ1n) is 7.77. The van der Waals surface area contributed by atoms with Crippen LogP contribution in [-0.4, -0.2) is 30.0 Å². The maximum Gasteiger partial charge on any atom is 0.241 e. The van der Waals surface area contributed by atoms with Crippen LogP contribution in [0.4, 0.5) is 5.13 Å². The van der Waals surface area contributed by atoms with Gasteiger partial charge in [0.05, 0.1) is 30.3 Å². The minimum atomic E-state index is -3.76. The number of aromatic nitrogens is 2. The zero-order chi connectivity index (χ0) is 19.2. The number of rotatable bonds is 4. The van der Waals surface area contributed by atoms with Gasteiger partial charge in [-0.05, 0) is 43.3 Å². The van der Waals surface area contributed by atoms with Crippen LogP contribution in [0.2, 0.25) is 5.02 Å². The van der Waals surface area contributed by atoms with Gasteiger partial charge in [0.2, 0.25) is 5.91 Å². The Labute approximate surface area is 167 Å². The van der Waals surface area contributed by atoms with E-state index in [2.05, 4.69) is 15.3 Å². The summed E-state index contributed by atoms with van der Waals surface area (Å²) in [5.41, 5.74) is 1.63. The Hall–Kier alpha value is -2.07. The van der Waals surface area contributed by atoms with Gasteiger partial charge in [-0.3, -0.25) is 4.79 Å². The van der Waals surface area contributed by atoms with Crippen molar-refractivity contribution in [1.82, 2.24) is 9.97 Å². The third-order valence-electron chi connectivity index (χ3n) is 3.76. The molecule has 2 aromatic heterocycles. The Balaban J connectivity index is 1.57. The zero-order valence-corrected chi connectivity index (χ0v) is 17.1. The van der Waals surface area contributed by atoms with Crippen molar-refractivity contribution in [1.29, 1.82) is 0 Å². The van der Waals surface area contributed by atoms with Crippen molar-refractivity contribution in [3.05, 3.63) is 46.4 Å². The summed E-state index contributed by atoms with van der Waals surface area (Å²) >= 11 is 8.64. The average molecular weight is 438 g/mol. The smallest absolute Gasteiger partial charge is 0.241 e. The van der Waals surface area contributed by atoms with E-state index in [4.69, 9.17) is 11.6 Å². The number of halogens is 1. The molecule has 0 atom stereocenters. The predicted octanol–water partition coefficient (Wildman–Crippen LogP) is 4.28. The van der Waals surface area contributed by atoms with E-state index in [1.54, 1.807) is 11.3 Å². The van der Waals surface area contributed by atoms with Crippen molar-refractivity contribution in [3.63, 3.8) is 0 Å². The summed E-state index contributed by atoms with van der Waals surface area (Å²) in [4.78, 5) is 21.1. The van der Waals surface area contributed by atoms with Crippen LogP contribution in [0.25, 0.3) is 20.4 Å². The van der Waals surface area contributed by atoms with Gasteiger partial charge in [-0.2, -0.15) is 0 Å². The molecule has 2 aromatic carbocycles. The lowest BCUT2D eigenvalue weighted by atomic mass is 10.3. The van der Waals surface area contributed by atoms with Crippen molar-refractivity contribution in [3.8, 4) is 0 Å². The summed E-state index contributed by atoms with van der Waals surface area (Å²) in [6, 6.07) is 9.44. The average Bonchev–Trinajstić information content (AvgIpc) is 3.16. The van der Waals surface area contributed by atoms with E-state index in [1.165, 1.54) is 35.6 Å². The topological polar surface area (TPSA) is 89.0 Å². The third-order valence-corrected chi connectivity index (χ3v) is 7.78. The first kappa shape index (κ1) is 18.3. The number of amides is 1. The number of hydrogen-bond donors (Lipinski definition) is 1. The van der Waals surface area contributed by atoms with Gasteiger partial charge < -0.3 is 5.32 Å². The zero-order valence-electron chi connectivity index (χ0n) is 13.9. The maximum absolute atomic E-state index is 12.4. The largest absolute Gasteiger partial charge is 0.301 e. The molecule has 0 aliphatic rings. The molecular formula is C17H12ClN3O3S3. The van der Waals surface area contributed by atoms with Gasteiger partial charge in [-0.15, -0.1) is 11.3 Å². The number of hydrogen-bond acceptors (Lipinski definition) is 7. The molecule has 2 heterocycles. The molecule has 1 N–H and O–H groups in total. The molecule has 4 rings (SSSR count). The second-order valence-corrected chi connectivity index (χ2v) is 10.4. The summed E-state index contributed by atoms with van der Waals surface area (Å²) in [5, 5.41) is 4.33. The minimum Gasteiger partial charge on any atom is -0.301 e. The highest BCUT2D eigenvalue weighted by molar-refractivity contribution is 7.92. The summed E-state index contributed by atoms with van der Waals surface area (Å²) in [6.07, 6.45) is 0. The number of benzene rings is 2. The van der Waals surface area contributed by atoms with Crippen molar-refractivity contribution in [2.24, 2.45) is 0 Å². The van der Waals surface area contributed by atoms with Crippen LogP contribution in [0.15, 0.2) is 41.3 Å². The molecular weight excluding hydrogens is 426 g/mol. The van der Waals surface area contributed by atoms with E-state index in [0.717, 1.165) is 25.4 Å². The first-order chi connectivity index (χ1) is 12.8. The van der Waals surface area contributed by atoms with Crippen LogP contribution in [-0.2, 0) is 14.6 Å². The van der Waals surface area contributed by atoms with Crippen LogP contribution in [0.3, 0.4) is 0 Å². The Bertz CT molecular complexity index is 1280. The number of carbonyl (C=O) groups is 1. The number of carbonyl (C=O) groups excluding carboxylic acids is 1. The molecule has 4 aromatic rings. The second kappa shape index (κ2) is 6.83. The molecule has 0 saturated carbocycles. The first-order valence-corrected chi connectivity index (χ1v) is 11.4. The van der Waals surface area contributed by atoms with Gasteiger partial charge >= 0.3 is 0 Å². The van der Waals surface area contributed by atoms with Crippen LogP contribution < -0.4 is 5.32 Å². The molecule has 0 radical (unpaired) electrons. The Morgan fingerprint density at radius 1 is 1.04 bits per heavy atom. The molecule has 1 amide bonds. The summed E-state index contributed by atoms with van der Waals surface area (Å²) in [7, 11) is -3.76. The minimum absolute atomic E-state index is 0.0493. The summed E-state index contributed by atoms with van der Waals surface area (Å²) < 4.78 is 26.7. The lowest BCUT2D eigenvalue weighted by Gasteiger charge is -2.04. The van der Waals surface area contributed by atoms with E-state index >= 15 is 0 Å². The fourth-order valence-electron chi connectivity index (χ4n) is 2.59. The van der Waals surface area contributed by atoms with E-state index in [9.17, 15) is 13.2 Å². The Morgan fingerprint density at radius 2 is 1.67 bits per heavy atom. The number of nitrogens with one attached hydrogen (secondary N) is 1. The quantitative estimate of drug-likeness (QED) is 0.514. The van der Waals surface area contributed by atoms with Crippen molar-refractivity contribution in [2.45, 2.75) is 11.8 Å². The van der Waals surface area contributed by atoms with Crippen molar-refractivity contribution in [2.75, 3.05) is 11.1 Å².